The Morgan fingerprint density at radius 3 is 2.88 bits per heavy atom. The zero-order chi connectivity index (χ0) is 17.1. The molecule has 0 aliphatic carbocycles. The Morgan fingerprint density at radius 2 is 2.17 bits per heavy atom. The number of fused-ring (bicyclic) bond motifs is 1. The second-order valence-corrected chi connectivity index (χ2v) is 8.11. The molecule has 24 heavy (non-hydrogen) atoms. The molecule has 0 saturated carbocycles. The van der Waals surface area contributed by atoms with Crippen LogP contribution in [-0.4, -0.2) is 30.2 Å². The maximum Gasteiger partial charge on any atom is 0.235 e. The summed E-state index contributed by atoms with van der Waals surface area (Å²) in [6.07, 6.45) is 0.874. The van der Waals surface area contributed by atoms with Crippen LogP contribution in [0.4, 0.5) is 5.00 Å². The number of hydrogen-bond acceptors (Lipinski definition) is 5. The molecule has 3 rings (SSSR count). The Morgan fingerprint density at radius 1 is 1.42 bits per heavy atom. The van der Waals surface area contributed by atoms with Gasteiger partial charge in [-0.15, -0.1) is 23.1 Å². The average Bonchev–Trinajstić information content (AvgIpc) is 2.90. The Balaban J connectivity index is 1.66. The molecule has 4 nitrogen and oxygen atoms in total. The van der Waals surface area contributed by atoms with Gasteiger partial charge in [0.2, 0.25) is 5.91 Å². The second-order valence-electron chi connectivity index (χ2n) is 5.96. The number of amides is 1. The molecule has 1 amide bonds. The van der Waals surface area contributed by atoms with E-state index in [1.807, 2.05) is 31.2 Å². The zero-order valence-electron chi connectivity index (χ0n) is 13.8. The third-order valence-electron chi connectivity index (χ3n) is 4.00. The van der Waals surface area contributed by atoms with Gasteiger partial charge < -0.3 is 10.2 Å². The largest absolute Gasteiger partial charge is 0.316 e. The number of thioether (sulfide) groups is 1. The molecule has 0 radical (unpaired) electrons. The van der Waals surface area contributed by atoms with Crippen molar-refractivity contribution in [3.05, 3.63) is 45.8 Å². The van der Waals surface area contributed by atoms with Crippen molar-refractivity contribution in [3.63, 3.8) is 0 Å². The smallest absolute Gasteiger partial charge is 0.235 e. The van der Waals surface area contributed by atoms with E-state index in [0.29, 0.717) is 16.3 Å². The summed E-state index contributed by atoms with van der Waals surface area (Å²) in [6.45, 7) is 3.85. The van der Waals surface area contributed by atoms with E-state index >= 15 is 0 Å². The predicted molar refractivity (Wildman–Crippen MR) is 99.6 cm³/mol. The van der Waals surface area contributed by atoms with Crippen LogP contribution in [0.5, 0.6) is 0 Å². The number of nitrogens with zero attached hydrogens (tertiary/aromatic N) is 2. The Kier molecular flexibility index (Phi) is 5.24. The van der Waals surface area contributed by atoms with E-state index in [-0.39, 0.29) is 5.91 Å². The first kappa shape index (κ1) is 17.0. The van der Waals surface area contributed by atoms with E-state index in [9.17, 15) is 10.1 Å². The summed E-state index contributed by atoms with van der Waals surface area (Å²) in [5.74, 6) is 0.278. The molecule has 0 atom stereocenters. The molecule has 0 saturated heterocycles. The molecule has 0 fully saturated rings. The number of aryl methyl sites for hydroxylation is 1. The monoisotopic (exact) mass is 357 g/mol. The molecule has 0 unspecified atom stereocenters. The number of hydrogen-bond donors (Lipinski definition) is 1. The van der Waals surface area contributed by atoms with E-state index in [2.05, 4.69) is 23.3 Å². The summed E-state index contributed by atoms with van der Waals surface area (Å²) in [4.78, 5) is 16.8. The van der Waals surface area contributed by atoms with Crippen molar-refractivity contribution in [1.29, 1.82) is 5.26 Å². The number of rotatable bonds is 4. The first-order chi connectivity index (χ1) is 11.6. The van der Waals surface area contributed by atoms with Crippen molar-refractivity contribution in [2.24, 2.45) is 0 Å². The minimum absolute atomic E-state index is 0.0657. The lowest BCUT2D eigenvalue weighted by atomic mass is 10.0. The van der Waals surface area contributed by atoms with E-state index < -0.39 is 0 Å². The minimum atomic E-state index is -0.0657. The van der Waals surface area contributed by atoms with Gasteiger partial charge in [0.25, 0.3) is 0 Å². The fourth-order valence-corrected chi connectivity index (χ4v) is 4.68. The molecule has 1 aromatic carbocycles. The average molecular weight is 358 g/mol. The molecule has 124 valence electrons. The molecule has 1 aromatic heterocycles. The van der Waals surface area contributed by atoms with Crippen LogP contribution in [0.25, 0.3) is 0 Å². The van der Waals surface area contributed by atoms with Crippen LogP contribution >= 0.6 is 23.1 Å². The van der Waals surface area contributed by atoms with Gasteiger partial charge in [-0.1, -0.05) is 17.7 Å². The Hall–Kier alpha value is -1.81. The number of thiophene rings is 1. The highest BCUT2D eigenvalue weighted by molar-refractivity contribution is 8.00. The third kappa shape index (κ3) is 3.81. The fraction of sp³-hybridized carbons (Fsp3) is 0.333. The van der Waals surface area contributed by atoms with Crippen molar-refractivity contribution >= 4 is 34.0 Å². The van der Waals surface area contributed by atoms with Crippen LogP contribution in [0.15, 0.2) is 29.2 Å². The first-order valence-electron chi connectivity index (χ1n) is 7.79. The van der Waals surface area contributed by atoms with E-state index in [1.54, 1.807) is 0 Å². The number of likely N-dealkylation sites (N-methyl/N-ethyl adjacent to an activating group) is 1. The fourth-order valence-electron chi connectivity index (χ4n) is 2.68. The van der Waals surface area contributed by atoms with Crippen LogP contribution in [-0.2, 0) is 17.8 Å². The van der Waals surface area contributed by atoms with Gasteiger partial charge in [-0.25, -0.2) is 0 Å². The number of anilines is 1. The summed E-state index contributed by atoms with van der Waals surface area (Å²) in [5, 5.41) is 13.1. The second kappa shape index (κ2) is 7.39. The van der Waals surface area contributed by atoms with Gasteiger partial charge >= 0.3 is 0 Å². The molecule has 0 spiro atoms. The van der Waals surface area contributed by atoms with Crippen molar-refractivity contribution < 1.29 is 4.79 Å². The minimum Gasteiger partial charge on any atom is -0.316 e. The number of benzene rings is 1. The quantitative estimate of drug-likeness (QED) is 0.849. The summed E-state index contributed by atoms with van der Waals surface area (Å²) < 4.78 is 0. The maximum absolute atomic E-state index is 12.3. The molecule has 1 N–H and O–H groups in total. The number of nitrogens with one attached hydrogen (secondary N) is 1. The van der Waals surface area contributed by atoms with Crippen molar-refractivity contribution in [2.75, 3.05) is 24.7 Å². The van der Waals surface area contributed by atoms with Gasteiger partial charge in [-0.3, -0.25) is 4.79 Å². The lowest BCUT2D eigenvalue weighted by Crippen LogP contribution is -2.25. The van der Waals surface area contributed by atoms with Crippen molar-refractivity contribution in [2.45, 2.75) is 24.8 Å². The van der Waals surface area contributed by atoms with Crippen molar-refractivity contribution in [1.82, 2.24) is 4.90 Å². The molecular weight excluding hydrogens is 338 g/mol. The van der Waals surface area contributed by atoms with Crippen LogP contribution in [0.1, 0.15) is 21.6 Å². The number of nitriles is 1. The maximum atomic E-state index is 12.3. The summed E-state index contributed by atoms with van der Waals surface area (Å²) in [6, 6.07) is 10.4. The van der Waals surface area contributed by atoms with Gasteiger partial charge in [-0.05, 0) is 38.1 Å². The van der Waals surface area contributed by atoms with Gasteiger partial charge in [0.1, 0.15) is 11.1 Å². The van der Waals surface area contributed by atoms with Crippen molar-refractivity contribution in [3.8, 4) is 6.07 Å². The normalized spacial score (nSPS) is 14.0. The van der Waals surface area contributed by atoms with E-state index in [1.165, 1.54) is 33.5 Å². The van der Waals surface area contributed by atoms with Crippen LogP contribution in [0.3, 0.4) is 0 Å². The van der Waals surface area contributed by atoms with E-state index in [0.717, 1.165) is 30.0 Å². The molecule has 2 aromatic rings. The lowest BCUT2D eigenvalue weighted by Gasteiger charge is -2.21. The first-order valence-corrected chi connectivity index (χ1v) is 9.59. The number of carbonyl (C=O) groups excluding carboxylic acids is 1. The van der Waals surface area contributed by atoms with Gasteiger partial charge in [-0.2, -0.15) is 5.26 Å². The standard InChI is InChI=1S/C18H19N3OS2/c1-12-3-5-13(6-4-12)23-11-17(22)20-18-15(9-19)14-7-8-21(2)10-16(14)24-18/h3-6H,7-8,10-11H2,1-2H3,(H,20,22). The molecular formula is C18H19N3OS2. The van der Waals surface area contributed by atoms with Gasteiger partial charge in [0.05, 0.1) is 11.3 Å². The molecule has 1 aliphatic rings. The highest BCUT2D eigenvalue weighted by Gasteiger charge is 2.23. The summed E-state index contributed by atoms with van der Waals surface area (Å²) in [7, 11) is 2.07. The lowest BCUT2D eigenvalue weighted by molar-refractivity contribution is -0.113. The highest BCUT2D eigenvalue weighted by atomic mass is 32.2. The molecule has 0 bridgehead atoms. The third-order valence-corrected chi connectivity index (χ3v) is 6.15. The summed E-state index contributed by atoms with van der Waals surface area (Å²) >= 11 is 3.04. The van der Waals surface area contributed by atoms with Gasteiger partial charge in [0, 0.05) is 22.9 Å². The van der Waals surface area contributed by atoms with Crippen LogP contribution in [0, 0.1) is 18.3 Å². The highest BCUT2D eigenvalue weighted by Crippen LogP contribution is 2.36. The van der Waals surface area contributed by atoms with Crippen LogP contribution < -0.4 is 5.32 Å². The van der Waals surface area contributed by atoms with E-state index in [4.69, 9.17) is 0 Å². The summed E-state index contributed by atoms with van der Waals surface area (Å²) in [5.41, 5.74) is 2.97. The molecule has 1 aliphatic heterocycles. The van der Waals surface area contributed by atoms with Crippen LogP contribution in [0.2, 0.25) is 0 Å². The Bertz CT molecular complexity index is 790. The Labute approximate surface area is 150 Å². The molecule has 2 heterocycles. The predicted octanol–water partition coefficient (Wildman–Crippen LogP) is 3.65. The SMILES string of the molecule is Cc1ccc(SCC(=O)Nc2sc3c(c2C#N)CCN(C)C3)cc1. The molecule has 6 heteroatoms. The van der Waals surface area contributed by atoms with Gasteiger partial charge in [0.15, 0.2) is 0 Å². The topological polar surface area (TPSA) is 56.1 Å². The number of carbonyl (C=O) groups is 1. The zero-order valence-corrected chi connectivity index (χ0v) is 15.4.